The van der Waals surface area contributed by atoms with Crippen molar-refractivity contribution in [3.63, 3.8) is 0 Å². The molecule has 4 aromatic rings. The van der Waals surface area contributed by atoms with Crippen LogP contribution < -0.4 is 92.2 Å². The van der Waals surface area contributed by atoms with E-state index in [4.69, 9.17) is 76.3 Å². The topological polar surface area (TPSA) is 536 Å². The van der Waals surface area contributed by atoms with Crippen molar-refractivity contribution in [3.8, 4) is 23.0 Å². The number of methoxy groups -OCH3 is 4. The highest BCUT2D eigenvalue weighted by molar-refractivity contribution is 6.05. The number of rotatable bonds is 41. The van der Waals surface area contributed by atoms with Gasteiger partial charge < -0.3 is 92.2 Å². The average Bonchev–Trinajstić information content (AvgIpc) is 1.29. The fourth-order valence-corrected chi connectivity index (χ4v) is 11.1. The zero-order valence-electron chi connectivity index (χ0n) is 54.7. The van der Waals surface area contributed by atoms with E-state index in [2.05, 4.69) is 35.9 Å². The number of hydrogen-bond donors (Lipinski definition) is 13. The van der Waals surface area contributed by atoms with Gasteiger partial charge in [-0.2, -0.15) is 0 Å². The normalized spacial score (nSPS) is 14.4. The Hall–Kier alpha value is -10.7. The Kier molecular flexibility index (Phi) is 30.0. The number of benzene rings is 4. The highest BCUT2D eigenvalue weighted by Crippen LogP contribution is 2.37. The molecule has 6 atom stereocenters. The first-order valence-electron chi connectivity index (χ1n) is 31.3. The van der Waals surface area contributed by atoms with Crippen LogP contribution in [-0.2, 0) is 49.7 Å². The van der Waals surface area contributed by atoms with E-state index in [9.17, 15) is 43.2 Å². The second kappa shape index (κ2) is 37.9. The Morgan fingerprint density at radius 2 is 0.688 bits per heavy atom. The van der Waals surface area contributed by atoms with Crippen molar-refractivity contribution in [1.29, 1.82) is 0 Å². The summed E-state index contributed by atoms with van der Waals surface area (Å²) in [5.41, 5.74) is 57.9. The summed E-state index contributed by atoms with van der Waals surface area (Å²) in [7, 11) is 5.45. The summed E-state index contributed by atoms with van der Waals surface area (Å²) in [6.07, 6.45) is 2.33. The Balaban J connectivity index is 1.38. The Bertz CT molecular complexity index is 3560. The molecule has 1 unspecified atom stereocenters. The molecule has 518 valence electrons. The third-order valence-electron chi connectivity index (χ3n) is 16.1. The molecule has 0 radical (unpaired) electrons. The quantitative estimate of drug-likeness (QED) is 0.0122. The van der Waals surface area contributed by atoms with E-state index >= 15 is 0 Å². The van der Waals surface area contributed by atoms with Crippen LogP contribution in [0.2, 0.25) is 0 Å². The third-order valence-corrected chi connectivity index (χ3v) is 16.1. The van der Waals surface area contributed by atoms with Gasteiger partial charge in [-0.3, -0.25) is 63.1 Å². The first-order chi connectivity index (χ1) is 45.8. The molecule has 1 saturated carbocycles. The van der Waals surface area contributed by atoms with E-state index in [0.29, 0.717) is 60.9 Å². The lowest BCUT2D eigenvalue weighted by Crippen LogP contribution is -2.42. The lowest BCUT2D eigenvalue weighted by atomic mass is 9.86. The van der Waals surface area contributed by atoms with Gasteiger partial charge in [0.2, 0.25) is 5.91 Å². The van der Waals surface area contributed by atoms with Gasteiger partial charge in [0.15, 0.2) is 52.8 Å². The molecule has 1 aliphatic carbocycles. The molecule has 23 N–H and O–H groups in total. The molecule has 0 aliphatic heterocycles. The van der Waals surface area contributed by atoms with Gasteiger partial charge in [-0.25, -0.2) is 0 Å². The molecular formula is C66H91N17O13. The summed E-state index contributed by atoms with van der Waals surface area (Å²) in [5.74, 6) is -6.03. The molecule has 4 amide bonds. The zero-order chi connectivity index (χ0) is 70.6. The molecule has 4 aromatic carbocycles. The fraction of sp³-hybridized carbons (Fsp3) is 0.439. The second-order valence-electron chi connectivity index (χ2n) is 23.1. The van der Waals surface area contributed by atoms with Crippen molar-refractivity contribution in [2.24, 2.45) is 89.1 Å². The standard InChI is InChI=1S/C66H91N17O13/c1-93-54-20-16-36(28-42(54)58(88)40-10-5-11-41(40)59(68)89)33-51(85)47(13-7-25-78-64(71)72)81-61(91)44-30-38(18-22-56(44)95-3)35-53(87)49(15-9-27-80-66(75)76)83-62(92)45-31-39(19-23-57(45)96-4)34-52(86)48(14-8-26-79-65(73)74)82-60(90)43-29-37(17-21-55(43)94-2)32-50(84)46(67)12-6-24-77-63(69)70/h16-23,28-31,40-41,46-49H,5-15,24-27,32-35,67H2,1-4H3,(H2,68,89)(H,81,91)(H,82,90)(H,83,92)(H4,69,70,77)(H4,71,72,78)(H4,73,74,79)(H4,75,76,80)/t40?,41-,46+,47+,48+,49+/m1/s1. The number of primary amides is 1. The number of nitrogens with one attached hydrogen (secondary N) is 3. The molecule has 1 aliphatic rings. The molecule has 96 heavy (non-hydrogen) atoms. The molecule has 30 nitrogen and oxygen atoms in total. The van der Waals surface area contributed by atoms with Gasteiger partial charge >= 0.3 is 0 Å². The third kappa shape index (κ3) is 23.4. The van der Waals surface area contributed by atoms with Gasteiger partial charge in [0.05, 0.1) is 74.9 Å². The maximum absolute atomic E-state index is 14.6. The van der Waals surface area contributed by atoms with Gasteiger partial charge in [-0.15, -0.1) is 0 Å². The average molecular weight is 1330 g/mol. The van der Waals surface area contributed by atoms with Crippen LogP contribution >= 0.6 is 0 Å². The van der Waals surface area contributed by atoms with Crippen LogP contribution in [0.15, 0.2) is 92.8 Å². The van der Waals surface area contributed by atoms with E-state index < -0.39 is 77.0 Å². The van der Waals surface area contributed by atoms with Crippen LogP contribution in [-0.4, -0.2) is 155 Å². The van der Waals surface area contributed by atoms with Crippen LogP contribution in [0.4, 0.5) is 0 Å². The number of ketones is 5. The second-order valence-corrected chi connectivity index (χ2v) is 23.1. The molecule has 5 rings (SSSR count). The number of Topliss-reactive ketones (excluding diaryl/α,β-unsaturated/α-hetero) is 5. The summed E-state index contributed by atoms with van der Waals surface area (Å²) in [6, 6.07) is 14.1. The first-order valence-corrected chi connectivity index (χ1v) is 31.3. The van der Waals surface area contributed by atoms with Gasteiger partial charge in [0, 0.05) is 63.7 Å². The largest absolute Gasteiger partial charge is 0.496 e. The van der Waals surface area contributed by atoms with Crippen molar-refractivity contribution < 1.29 is 62.1 Å². The molecule has 0 saturated heterocycles. The summed E-state index contributed by atoms with van der Waals surface area (Å²) >= 11 is 0. The summed E-state index contributed by atoms with van der Waals surface area (Å²) < 4.78 is 22.2. The lowest BCUT2D eigenvalue weighted by Gasteiger charge is -2.21. The first kappa shape index (κ1) is 76.1. The molecule has 1 fully saturated rings. The van der Waals surface area contributed by atoms with E-state index in [0.717, 1.165) is 0 Å². The molecule has 0 spiro atoms. The summed E-state index contributed by atoms with van der Waals surface area (Å²) in [4.78, 5) is 142. The Morgan fingerprint density at radius 3 is 0.990 bits per heavy atom. The minimum absolute atomic E-state index is 0.0320. The predicted molar refractivity (Wildman–Crippen MR) is 363 cm³/mol. The summed E-state index contributed by atoms with van der Waals surface area (Å²) in [5, 5.41) is 8.47. The minimum atomic E-state index is -1.19. The SMILES string of the molecule is COc1ccc(CC(=O)[C@H](CCCN=C(N)N)NC(=O)c2cc(CC(=O)[C@@H](N)CCCN=C(N)N)ccc2OC)cc1C(=O)N[C@@H](CCCN=C(N)N)C(=O)Cc1ccc(OC)c(C(=O)N[C@@H](CCCN=C(N)N)C(=O)Cc2ccc(OC)c(C(=O)C3CCC[C@H]3C(N)=O)c2)c1. The fourth-order valence-electron chi connectivity index (χ4n) is 11.1. The molecule has 0 heterocycles. The van der Waals surface area contributed by atoms with E-state index in [1.165, 1.54) is 64.8 Å². The minimum Gasteiger partial charge on any atom is -0.496 e. The molecule has 0 aromatic heterocycles. The van der Waals surface area contributed by atoms with Crippen molar-refractivity contribution in [3.05, 3.63) is 117 Å². The molecule has 30 heteroatoms. The van der Waals surface area contributed by atoms with E-state index in [-0.39, 0.29) is 164 Å². The number of carbonyl (C=O) groups is 9. The maximum atomic E-state index is 14.6. The van der Waals surface area contributed by atoms with Crippen LogP contribution in [0.25, 0.3) is 0 Å². The number of ether oxygens (including phenoxy) is 4. The zero-order valence-corrected chi connectivity index (χ0v) is 54.7. The number of guanidine groups is 4. The number of amides is 4. The lowest BCUT2D eigenvalue weighted by molar-refractivity contribution is -0.122. The number of nitrogens with zero attached hydrogens (tertiary/aromatic N) is 4. The smallest absolute Gasteiger partial charge is 0.255 e. The summed E-state index contributed by atoms with van der Waals surface area (Å²) in [6.45, 7) is 0.642. The van der Waals surface area contributed by atoms with E-state index in [1.54, 1.807) is 36.4 Å². The number of nitrogens with two attached hydrogens (primary N) is 10. The Labute approximate surface area is 556 Å². The van der Waals surface area contributed by atoms with Crippen LogP contribution in [0.5, 0.6) is 23.0 Å². The van der Waals surface area contributed by atoms with Gasteiger partial charge in [0.25, 0.3) is 17.7 Å². The highest BCUT2D eigenvalue weighted by Gasteiger charge is 2.38. The monoisotopic (exact) mass is 1330 g/mol. The van der Waals surface area contributed by atoms with Crippen molar-refractivity contribution in [2.75, 3.05) is 54.6 Å². The number of hydrogen-bond acceptors (Lipinski definition) is 18. The number of aliphatic imine (C=N–C) groups is 4. The predicted octanol–water partition coefficient (Wildman–Crippen LogP) is 0.189. The van der Waals surface area contributed by atoms with Crippen molar-refractivity contribution in [1.82, 2.24) is 16.0 Å². The van der Waals surface area contributed by atoms with Gasteiger partial charge in [-0.1, -0.05) is 30.7 Å². The van der Waals surface area contributed by atoms with Crippen molar-refractivity contribution in [2.45, 2.75) is 120 Å². The molecule has 0 bridgehead atoms. The van der Waals surface area contributed by atoms with Crippen LogP contribution in [0, 0.1) is 11.8 Å². The number of carbonyl (C=O) groups excluding carboxylic acids is 9. The van der Waals surface area contributed by atoms with Crippen molar-refractivity contribution >= 4 is 76.4 Å². The molecular weight excluding hydrogens is 1240 g/mol. The van der Waals surface area contributed by atoms with Crippen LogP contribution in [0.3, 0.4) is 0 Å². The van der Waals surface area contributed by atoms with E-state index in [1.807, 2.05) is 0 Å². The highest BCUT2D eigenvalue weighted by atomic mass is 16.5. The maximum Gasteiger partial charge on any atom is 0.255 e. The van der Waals surface area contributed by atoms with Gasteiger partial charge in [-0.05, 0) is 135 Å². The Morgan fingerprint density at radius 1 is 0.406 bits per heavy atom. The van der Waals surface area contributed by atoms with Crippen LogP contribution in [0.1, 0.15) is 134 Å². The van der Waals surface area contributed by atoms with Gasteiger partial charge in [0.1, 0.15) is 23.0 Å².